The molecule has 1 aromatic rings. The van der Waals surface area contributed by atoms with Gasteiger partial charge in [0, 0.05) is 5.54 Å². The maximum Gasteiger partial charge on any atom is 0.171 e. The quantitative estimate of drug-likeness (QED) is 0.804. The van der Waals surface area contributed by atoms with Gasteiger partial charge in [0.15, 0.2) is 5.11 Å². The van der Waals surface area contributed by atoms with E-state index in [9.17, 15) is 0 Å². The minimum atomic E-state index is -0.0465. The van der Waals surface area contributed by atoms with Crippen molar-refractivity contribution in [1.82, 2.24) is 5.32 Å². The third kappa shape index (κ3) is 4.34. The van der Waals surface area contributed by atoms with Crippen molar-refractivity contribution in [3.63, 3.8) is 0 Å². The van der Waals surface area contributed by atoms with E-state index in [1.807, 2.05) is 12.1 Å². The zero-order valence-corrected chi connectivity index (χ0v) is 12.4. The molecule has 0 bridgehead atoms. The van der Waals surface area contributed by atoms with Crippen molar-refractivity contribution in [1.29, 1.82) is 0 Å². The normalized spacial score (nSPS) is 11.1. The highest BCUT2D eigenvalue weighted by molar-refractivity contribution is 7.80. The molecule has 0 heterocycles. The Morgan fingerprint density at radius 2 is 2.00 bits per heavy atom. The molecule has 0 aromatic heterocycles. The molecule has 0 spiro atoms. The van der Waals surface area contributed by atoms with Crippen molar-refractivity contribution < 1.29 is 0 Å². The molecule has 0 amide bonds. The molecule has 5 heteroatoms. The Hall–Kier alpha value is -0.510. The van der Waals surface area contributed by atoms with Gasteiger partial charge in [-0.25, -0.2) is 0 Å². The Labute approximate surface area is 118 Å². The number of hydrogen-bond donors (Lipinski definition) is 2. The summed E-state index contributed by atoms with van der Waals surface area (Å²) < 4.78 is 0. The Balaban J connectivity index is 2.72. The molecule has 0 radical (unpaired) electrons. The van der Waals surface area contributed by atoms with Crippen LogP contribution in [0.2, 0.25) is 10.0 Å². The number of hydrogen-bond acceptors (Lipinski definition) is 1. The monoisotopic (exact) mass is 290 g/mol. The molecular weight excluding hydrogens is 275 g/mol. The Bertz CT molecular complexity index is 419. The fourth-order valence-electron chi connectivity index (χ4n) is 1.15. The maximum atomic E-state index is 6.06. The minimum Gasteiger partial charge on any atom is -0.358 e. The van der Waals surface area contributed by atoms with Crippen molar-refractivity contribution >= 4 is 46.2 Å². The van der Waals surface area contributed by atoms with Crippen LogP contribution >= 0.6 is 35.4 Å². The van der Waals surface area contributed by atoms with Gasteiger partial charge in [-0.05, 0) is 44.6 Å². The van der Waals surface area contributed by atoms with Crippen LogP contribution in [0.15, 0.2) is 18.2 Å². The molecule has 0 aliphatic rings. The fraction of sp³-hybridized carbons (Fsp3) is 0.417. The van der Waals surface area contributed by atoms with Gasteiger partial charge < -0.3 is 10.6 Å². The second-order valence-corrected chi connectivity index (χ2v) is 5.61. The summed E-state index contributed by atoms with van der Waals surface area (Å²) in [5.41, 5.74) is 0.665. The first kappa shape index (κ1) is 14.6. The first-order chi connectivity index (χ1) is 7.85. The number of thiocarbonyl (C=S) groups is 1. The standard InChI is InChI=1S/C12H16Cl2N2S/c1-4-12(2,3)16-11(17)15-9-7-5-6-8(13)10(9)14/h5-7H,4H2,1-3H3,(H2,15,16,17). The van der Waals surface area contributed by atoms with Crippen molar-refractivity contribution in [3.05, 3.63) is 28.2 Å². The molecule has 1 aromatic carbocycles. The van der Waals surface area contributed by atoms with Gasteiger partial charge in [0.2, 0.25) is 0 Å². The highest BCUT2D eigenvalue weighted by Gasteiger charge is 2.16. The van der Waals surface area contributed by atoms with E-state index in [-0.39, 0.29) is 5.54 Å². The highest BCUT2D eigenvalue weighted by Crippen LogP contribution is 2.29. The van der Waals surface area contributed by atoms with Crippen LogP contribution in [0.1, 0.15) is 27.2 Å². The lowest BCUT2D eigenvalue weighted by Crippen LogP contribution is -2.44. The summed E-state index contributed by atoms with van der Waals surface area (Å²) in [5, 5.41) is 7.80. The Morgan fingerprint density at radius 3 is 2.59 bits per heavy atom. The van der Waals surface area contributed by atoms with Crippen LogP contribution in [-0.2, 0) is 0 Å². The van der Waals surface area contributed by atoms with E-state index in [2.05, 4.69) is 31.4 Å². The molecular formula is C12H16Cl2N2S. The van der Waals surface area contributed by atoms with E-state index < -0.39 is 0 Å². The van der Waals surface area contributed by atoms with Gasteiger partial charge in [0.05, 0.1) is 15.7 Å². The Morgan fingerprint density at radius 1 is 1.35 bits per heavy atom. The summed E-state index contributed by atoms with van der Waals surface area (Å²) in [6.07, 6.45) is 0.970. The molecule has 0 atom stereocenters. The summed E-state index contributed by atoms with van der Waals surface area (Å²) in [6.45, 7) is 6.27. The van der Waals surface area contributed by atoms with Gasteiger partial charge >= 0.3 is 0 Å². The fourth-order valence-corrected chi connectivity index (χ4v) is 1.88. The lowest BCUT2D eigenvalue weighted by molar-refractivity contribution is 0.448. The van der Waals surface area contributed by atoms with Crippen molar-refractivity contribution in [2.45, 2.75) is 32.7 Å². The average Bonchev–Trinajstić information content (AvgIpc) is 2.24. The maximum absolute atomic E-state index is 6.06. The summed E-state index contributed by atoms with van der Waals surface area (Å²) in [6, 6.07) is 5.40. The molecule has 0 saturated carbocycles. The second kappa shape index (κ2) is 5.89. The van der Waals surface area contributed by atoms with Crippen molar-refractivity contribution in [3.8, 4) is 0 Å². The van der Waals surface area contributed by atoms with Crippen LogP contribution in [0, 0.1) is 0 Å². The van der Waals surface area contributed by atoms with Gasteiger partial charge in [0.1, 0.15) is 0 Å². The number of nitrogens with one attached hydrogen (secondary N) is 2. The van der Waals surface area contributed by atoms with E-state index in [1.54, 1.807) is 6.07 Å². The predicted molar refractivity (Wildman–Crippen MR) is 80.2 cm³/mol. The predicted octanol–water partition coefficient (Wildman–Crippen LogP) is 4.47. The van der Waals surface area contributed by atoms with E-state index in [0.29, 0.717) is 20.8 Å². The van der Waals surface area contributed by atoms with Crippen LogP contribution in [0.4, 0.5) is 5.69 Å². The van der Waals surface area contributed by atoms with Crippen LogP contribution in [-0.4, -0.2) is 10.7 Å². The van der Waals surface area contributed by atoms with E-state index in [0.717, 1.165) is 6.42 Å². The van der Waals surface area contributed by atoms with E-state index in [1.165, 1.54) is 0 Å². The number of halogens is 2. The lowest BCUT2D eigenvalue weighted by Gasteiger charge is -2.26. The first-order valence-corrected chi connectivity index (χ1v) is 6.55. The largest absolute Gasteiger partial charge is 0.358 e. The molecule has 0 saturated heterocycles. The highest BCUT2D eigenvalue weighted by atomic mass is 35.5. The minimum absolute atomic E-state index is 0.0465. The van der Waals surface area contributed by atoms with Gasteiger partial charge in [-0.2, -0.15) is 0 Å². The van der Waals surface area contributed by atoms with Crippen molar-refractivity contribution in [2.75, 3.05) is 5.32 Å². The smallest absolute Gasteiger partial charge is 0.171 e. The van der Waals surface area contributed by atoms with Gasteiger partial charge in [-0.3, -0.25) is 0 Å². The molecule has 94 valence electrons. The second-order valence-electron chi connectivity index (χ2n) is 4.42. The van der Waals surface area contributed by atoms with Crippen LogP contribution < -0.4 is 10.6 Å². The van der Waals surface area contributed by atoms with E-state index in [4.69, 9.17) is 35.4 Å². The molecule has 1 rings (SSSR count). The number of anilines is 1. The zero-order valence-electron chi connectivity index (χ0n) is 10.1. The molecule has 0 aliphatic heterocycles. The number of benzene rings is 1. The van der Waals surface area contributed by atoms with Gasteiger partial charge in [-0.1, -0.05) is 36.2 Å². The topological polar surface area (TPSA) is 24.1 Å². The molecule has 0 unspecified atom stereocenters. The summed E-state index contributed by atoms with van der Waals surface area (Å²) in [7, 11) is 0. The molecule has 2 N–H and O–H groups in total. The third-order valence-corrected chi connectivity index (χ3v) is 3.56. The van der Waals surface area contributed by atoms with E-state index >= 15 is 0 Å². The Kier molecular flexibility index (Phi) is 5.04. The molecule has 2 nitrogen and oxygen atoms in total. The molecule has 0 aliphatic carbocycles. The third-order valence-electron chi connectivity index (χ3n) is 2.54. The van der Waals surface area contributed by atoms with Crippen LogP contribution in [0.5, 0.6) is 0 Å². The average molecular weight is 291 g/mol. The first-order valence-electron chi connectivity index (χ1n) is 5.39. The van der Waals surface area contributed by atoms with Crippen LogP contribution in [0.25, 0.3) is 0 Å². The van der Waals surface area contributed by atoms with Crippen LogP contribution in [0.3, 0.4) is 0 Å². The SMILES string of the molecule is CCC(C)(C)NC(=S)Nc1cccc(Cl)c1Cl. The zero-order chi connectivity index (χ0) is 13.1. The summed E-state index contributed by atoms with van der Waals surface area (Å²) >= 11 is 17.2. The molecule has 17 heavy (non-hydrogen) atoms. The van der Waals surface area contributed by atoms with Crippen molar-refractivity contribution in [2.24, 2.45) is 0 Å². The van der Waals surface area contributed by atoms with Gasteiger partial charge in [0.25, 0.3) is 0 Å². The lowest BCUT2D eigenvalue weighted by atomic mass is 10.0. The summed E-state index contributed by atoms with van der Waals surface area (Å²) in [5.74, 6) is 0. The van der Waals surface area contributed by atoms with Gasteiger partial charge in [-0.15, -0.1) is 0 Å². The summed E-state index contributed by atoms with van der Waals surface area (Å²) in [4.78, 5) is 0. The molecule has 0 fully saturated rings. The number of rotatable bonds is 3.